The van der Waals surface area contributed by atoms with Gasteiger partial charge >= 0.3 is 0 Å². The fourth-order valence-corrected chi connectivity index (χ4v) is 2.81. The Kier molecular flexibility index (Phi) is 4.75. The van der Waals surface area contributed by atoms with Crippen molar-refractivity contribution in [3.63, 3.8) is 0 Å². The van der Waals surface area contributed by atoms with E-state index in [0.29, 0.717) is 6.54 Å². The second kappa shape index (κ2) is 6.90. The fraction of sp³-hybridized carbons (Fsp3) is 0.211. The van der Waals surface area contributed by atoms with Gasteiger partial charge in [-0.15, -0.1) is 0 Å². The maximum absolute atomic E-state index is 14.3. The number of likely N-dealkylation sites (N-methyl/N-ethyl adjacent to an activating group) is 1. The number of amides is 2. The molecule has 3 rings (SSSR count). The summed E-state index contributed by atoms with van der Waals surface area (Å²) in [6, 6.07) is 4.37. The molecule has 28 heavy (non-hydrogen) atoms. The Balaban J connectivity index is 2.05. The minimum absolute atomic E-state index is 0.0900. The van der Waals surface area contributed by atoms with Gasteiger partial charge in [0, 0.05) is 31.6 Å². The monoisotopic (exact) mass is 386 g/mol. The van der Waals surface area contributed by atoms with E-state index in [0.717, 1.165) is 12.1 Å². The van der Waals surface area contributed by atoms with E-state index in [1.54, 1.807) is 0 Å². The molecule has 9 heteroatoms. The van der Waals surface area contributed by atoms with Crippen molar-refractivity contribution in [3.05, 3.63) is 47.2 Å². The van der Waals surface area contributed by atoms with Gasteiger partial charge in [0.05, 0.1) is 11.3 Å². The van der Waals surface area contributed by atoms with E-state index in [-0.39, 0.29) is 34.6 Å². The minimum Gasteiger partial charge on any atom is -0.397 e. The summed E-state index contributed by atoms with van der Waals surface area (Å²) in [5.41, 5.74) is 7.94. The van der Waals surface area contributed by atoms with Crippen LogP contribution in [0.25, 0.3) is 11.3 Å². The summed E-state index contributed by atoms with van der Waals surface area (Å²) in [5, 5.41) is 10.3. The van der Waals surface area contributed by atoms with Gasteiger partial charge in [-0.1, -0.05) is 11.8 Å². The summed E-state index contributed by atoms with van der Waals surface area (Å²) in [4.78, 5) is 28.5. The lowest BCUT2D eigenvalue weighted by Gasteiger charge is -2.13. The van der Waals surface area contributed by atoms with E-state index in [1.165, 1.54) is 24.1 Å². The van der Waals surface area contributed by atoms with Crippen molar-refractivity contribution in [2.75, 3.05) is 19.3 Å². The Labute approximate surface area is 159 Å². The molecule has 1 aromatic heterocycles. The molecular weight excluding hydrogens is 370 g/mol. The largest absolute Gasteiger partial charge is 0.397 e. The zero-order valence-corrected chi connectivity index (χ0v) is 14.8. The molecule has 0 saturated carbocycles. The van der Waals surface area contributed by atoms with Crippen LogP contribution in [0.2, 0.25) is 0 Å². The summed E-state index contributed by atoms with van der Waals surface area (Å²) >= 11 is 0. The van der Waals surface area contributed by atoms with Gasteiger partial charge in [-0.25, -0.2) is 13.8 Å². The van der Waals surface area contributed by atoms with Crippen molar-refractivity contribution in [2.45, 2.75) is 12.0 Å². The molecule has 0 unspecified atom stereocenters. The van der Waals surface area contributed by atoms with Gasteiger partial charge in [0.15, 0.2) is 11.5 Å². The quantitative estimate of drug-likeness (QED) is 0.654. The number of aliphatic hydroxyl groups is 1. The Morgan fingerprint density at radius 3 is 2.64 bits per heavy atom. The van der Waals surface area contributed by atoms with E-state index < -0.39 is 29.0 Å². The number of primary amides is 1. The molecular formula is C19H16F2N4O3. The molecule has 1 aromatic carbocycles. The number of aromatic nitrogens is 1. The van der Waals surface area contributed by atoms with E-state index in [4.69, 9.17) is 11.5 Å². The number of nitrogens with zero attached hydrogens (tertiary/aromatic N) is 2. The second-order valence-electron chi connectivity index (χ2n) is 6.40. The third kappa shape index (κ3) is 3.37. The molecule has 1 saturated heterocycles. The summed E-state index contributed by atoms with van der Waals surface area (Å²) in [6.07, 6.45) is 0.0900. The van der Waals surface area contributed by atoms with Gasteiger partial charge in [0.25, 0.3) is 11.8 Å². The lowest BCUT2D eigenvalue weighted by Crippen LogP contribution is -2.37. The molecule has 0 aliphatic carbocycles. The number of halogens is 2. The van der Waals surface area contributed by atoms with Crippen LogP contribution >= 0.6 is 0 Å². The fourth-order valence-electron chi connectivity index (χ4n) is 2.81. The van der Waals surface area contributed by atoms with Gasteiger partial charge in [-0.2, -0.15) is 0 Å². The average molecular weight is 386 g/mol. The molecule has 2 aromatic rings. The smallest absolute Gasteiger partial charge is 0.269 e. The van der Waals surface area contributed by atoms with Gasteiger partial charge in [-0.3, -0.25) is 9.59 Å². The maximum Gasteiger partial charge on any atom is 0.269 e. The molecule has 144 valence electrons. The maximum atomic E-state index is 14.3. The van der Waals surface area contributed by atoms with Crippen molar-refractivity contribution >= 4 is 17.5 Å². The number of nitrogens with two attached hydrogens (primary N) is 2. The molecule has 7 nitrogen and oxygen atoms in total. The van der Waals surface area contributed by atoms with Crippen LogP contribution in [0.5, 0.6) is 0 Å². The Morgan fingerprint density at radius 1 is 1.32 bits per heavy atom. The SMILES string of the molecule is CN1CC[C@@](O)(C#Cc2cc(-c3nc(C(N)=O)c(N)cc3F)ccc2F)C1=O. The molecule has 1 atom stereocenters. The highest BCUT2D eigenvalue weighted by molar-refractivity contribution is 5.96. The van der Waals surface area contributed by atoms with Crippen molar-refractivity contribution < 1.29 is 23.5 Å². The normalized spacial score (nSPS) is 18.7. The van der Waals surface area contributed by atoms with Crippen LogP contribution in [0.1, 0.15) is 22.5 Å². The first-order valence-corrected chi connectivity index (χ1v) is 8.19. The van der Waals surface area contributed by atoms with Crippen LogP contribution in [0.4, 0.5) is 14.5 Å². The predicted octanol–water partition coefficient (Wildman–Crippen LogP) is 0.653. The molecule has 0 spiro atoms. The lowest BCUT2D eigenvalue weighted by molar-refractivity contribution is -0.137. The zero-order valence-electron chi connectivity index (χ0n) is 14.8. The van der Waals surface area contributed by atoms with Crippen molar-refractivity contribution in [1.82, 2.24) is 9.88 Å². The summed E-state index contributed by atoms with van der Waals surface area (Å²) < 4.78 is 28.4. The predicted molar refractivity (Wildman–Crippen MR) is 96.6 cm³/mol. The van der Waals surface area contributed by atoms with Crippen molar-refractivity contribution in [1.29, 1.82) is 0 Å². The third-order valence-electron chi connectivity index (χ3n) is 4.39. The van der Waals surface area contributed by atoms with E-state index >= 15 is 0 Å². The number of carbonyl (C=O) groups excluding carboxylic acids is 2. The number of rotatable bonds is 2. The molecule has 1 aliphatic rings. The third-order valence-corrected chi connectivity index (χ3v) is 4.39. The average Bonchev–Trinajstić information content (AvgIpc) is 2.89. The molecule has 5 N–H and O–H groups in total. The van der Waals surface area contributed by atoms with Crippen LogP contribution in [-0.4, -0.2) is 46.0 Å². The minimum atomic E-state index is -1.90. The van der Waals surface area contributed by atoms with Crippen LogP contribution in [0, 0.1) is 23.5 Å². The Morgan fingerprint density at radius 2 is 2.04 bits per heavy atom. The summed E-state index contributed by atoms with van der Waals surface area (Å²) in [6.45, 7) is 0.322. The first kappa shape index (κ1) is 19.3. The number of anilines is 1. The molecule has 2 heterocycles. The molecule has 1 aliphatic heterocycles. The van der Waals surface area contributed by atoms with Crippen LogP contribution < -0.4 is 11.5 Å². The first-order chi connectivity index (χ1) is 13.1. The van der Waals surface area contributed by atoms with Gasteiger partial charge in [0.1, 0.15) is 11.5 Å². The number of nitrogen functional groups attached to an aromatic ring is 1. The summed E-state index contributed by atoms with van der Waals surface area (Å²) in [5.74, 6) is 1.75. The number of hydrogen-bond acceptors (Lipinski definition) is 5. The summed E-state index contributed by atoms with van der Waals surface area (Å²) in [7, 11) is 1.52. The Bertz CT molecular complexity index is 1060. The lowest BCUT2D eigenvalue weighted by atomic mass is 10.0. The first-order valence-electron chi connectivity index (χ1n) is 8.19. The number of hydrogen-bond donors (Lipinski definition) is 3. The van der Waals surface area contributed by atoms with E-state index in [2.05, 4.69) is 16.8 Å². The van der Waals surface area contributed by atoms with Gasteiger partial charge in [0.2, 0.25) is 5.60 Å². The highest BCUT2D eigenvalue weighted by atomic mass is 19.1. The Hall–Kier alpha value is -3.51. The van der Waals surface area contributed by atoms with E-state index in [1.807, 2.05) is 0 Å². The zero-order chi connectivity index (χ0) is 20.6. The molecule has 1 fully saturated rings. The molecule has 0 radical (unpaired) electrons. The van der Waals surface area contributed by atoms with Crippen molar-refractivity contribution in [3.8, 4) is 23.1 Å². The second-order valence-corrected chi connectivity index (χ2v) is 6.40. The molecule has 0 bridgehead atoms. The number of benzene rings is 1. The van der Waals surface area contributed by atoms with E-state index in [9.17, 15) is 23.5 Å². The highest BCUT2D eigenvalue weighted by Gasteiger charge is 2.42. The topological polar surface area (TPSA) is 123 Å². The molecule has 2 amide bonds. The van der Waals surface area contributed by atoms with Gasteiger partial charge < -0.3 is 21.5 Å². The highest BCUT2D eigenvalue weighted by Crippen LogP contribution is 2.26. The van der Waals surface area contributed by atoms with Crippen LogP contribution in [0.3, 0.4) is 0 Å². The standard InChI is InChI=1S/C19H16F2N4O3/c1-25-7-6-19(28,18(25)27)5-4-10-8-11(2-3-12(10)20)15-13(21)9-14(22)16(24-15)17(23)26/h2-3,8-9,28H,6-7,22H2,1H3,(H2,23,26)/t19-/m0/s1. The van der Waals surface area contributed by atoms with Gasteiger partial charge in [-0.05, 0) is 18.2 Å². The number of carbonyl (C=O) groups is 2. The van der Waals surface area contributed by atoms with Crippen LogP contribution in [-0.2, 0) is 4.79 Å². The van der Waals surface area contributed by atoms with Crippen molar-refractivity contribution in [2.24, 2.45) is 5.73 Å². The number of pyridine rings is 1. The van der Waals surface area contributed by atoms with Crippen LogP contribution in [0.15, 0.2) is 24.3 Å². The number of likely N-dealkylation sites (tertiary alicyclic amines) is 1.